The van der Waals surface area contributed by atoms with Crippen molar-refractivity contribution in [3.05, 3.63) is 65.2 Å². The molecule has 0 fully saturated rings. The molecule has 0 bridgehead atoms. The van der Waals surface area contributed by atoms with Gasteiger partial charge in [-0.25, -0.2) is 0 Å². The van der Waals surface area contributed by atoms with Crippen LogP contribution < -0.4 is 9.80 Å². The van der Waals surface area contributed by atoms with E-state index in [-0.39, 0.29) is 0 Å². The van der Waals surface area contributed by atoms with Gasteiger partial charge in [0.2, 0.25) is 5.96 Å². The van der Waals surface area contributed by atoms with Crippen LogP contribution in [0.5, 0.6) is 0 Å². The van der Waals surface area contributed by atoms with E-state index in [1.807, 2.05) is 24.1 Å². The van der Waals surface area contributed by atoms with Crippen molar-refractivity contribution in [2.24, 2.45) is 0 Å². The number of hydrogen-bond donors (Lipinski definition) is 1. The van der Waals surface area contributed by atoms with Gasteiger partial charge < -0.3 is 9.80 Å². The first-order valence-electron chi connectivity index (χ1n) is 8.07. The third kappa shape index (κ3) is 2.74. The van der Waals surface area contributed by atoms with E-state index in [0.717, 1.165) is 24.3 Å². The predicted octanol–water partition coefficient (Wildman–Crippen LogP) is 4.46. The molecule has 0 saturated heterocycles. The van der Waals surface area contributed by atoms with Crippen LogP contribution in [0.1, 0.15) is 23.6 Å². The van der Waals surface area contributed by atoms with Crippen molar-refractivity contribution in [3.8, 4) is 0 Å². The highest BCUT2D eigenvalue weighted by molar-refractivity contribution is 6.06. The summed E-state index contributed by atoms with van der Waals surface area (Å²) in [6.45, 7) is 4.94. The monoisotopic (exact) mass is 305 g/mol. The summed E-state index contributed by atoms with van der Waals surface area (Å²) in [4.78, 5) is 4.03. The van der Waals surface area contributed by atoms with Gasteiger partial charge in [0.05, 0.1) is 5.69 Å². The topological polar surface area (TPSA) is 30.3 Å². The Hall–Kier alpha value is -2.55. The fourth-order valence-electron chi connectivity index (χ4n) is 3.18. The van der Waals surface area contributed by atoms with E-state index in [0.29, 0.717) is 5.96 Å². The summed E-state index contributed by atoms with van der Waals surface area (Å²) >= 11 is 0. The molecule has 1 aliphatic rings. The molecule has 3 rings (SSSR count). The van der Waals surface area contributed by atoms with E-state index in [1.54, 1.807) is 0 Å². The number of fused-ring (bicyclic) bond motifs is 1. The van der Waals surface area contributed by atoms with Gasteiger partial charge in [0.15, 0.2) is 0 Å². The molecule has 3 heteroatoms. The van der Waals surface area contributed by atoms with Crippen LogP contribution >= 0.6 is 0 Å². The maximum absolute atomic E-state index is 8.71. The molecule has 0 aromatic heterocycles. The molecule has 1 N–H and O–H groups in total. The lowest BCUT2D eigenvalue weighted by molar-refractivity contribution is 1.00. The standard InChI is InChI=1S/C20H23N3/c1-4-23(19-14-8-11-16-10-7-12-17(16)19)20(21)22(3)18-13-6-5-9-15(18)2/h5-9,11-14,21H,4,10H2,1-3H3. The zero-order valence-corrected chi connectivity index (χ0v) is 14.0. The molecule has 3 nitrogen and oxygen atoms in total. The average Bonchev–Trinajstić information content (AvgIpc) is 3.04. The molecular formula is C20H23N3. The van der Waals surface area contributed by atoms with Crippen molar-refractivity contribution < 1.29 is 0 Å². The van der Waals surface area contributed by atoms with Crippen molar-refractivity contribution in [2.75, 3.05) is 23.4 Å². The first-order chi connectivity index (χ1) is 11.1. The smallest absolute Gasteiger partial charge is 0.202 e. The Morgan fingerprint density at radius 3 is 2.57 bits per heavy atom. The zero-order valence-electron chi connectivity index (χ0n) is 14.0. The Morgan fingerprint density at radius 1 is 1.09 bits per heavy atom. The van der Waals surface area contributed by atoms with Crippen LogP contribution in [-0.4, -0.2) is 19.6 Å². The molecule has 0 radical (unpaired) electrons. The lowest BCUT2D eigenvalue weighted by atomic mass is 10.1. The second-order valence-corrected chi connectivity index (χ2v) is 5.87. The number of anilines is 2. The van der Waals surface area contributed by atoms with E-state index in [1.165, 1.54) is 16.7 Å². The Kier molecular flexibility index (Phi) is 4.20. The summed E-state index contributed by atoms with van der Waals surface area (Å²) in [7, 11) is 1.96. The highest BCUT2D eigenvalue weighted by atomic mass is 15.4. The van der Waals surface area contributed by atoms with Gasteiger partial charge in [0, 0.05) is 24.8 Å². The lowest BCUT2D eigenvalue weighted by Crippen LogP contribution is -2.42. The molecule has 118 valence electrons. The number of guanidine groups is 1. The van der Waals surface area contributed by atoms with Gasteiger partial charge in [0.25, 0.3) is 0 Å². The number of nitrogens with zero attached hydrogens (tertiary/aromatic N) is 2. The molecule has 0 spiro atoms. The second kappa shape index (κ2) is 6.29. The van der Waals surface area contributed by atoms with Crippen molar-refractivity contribution in [2.45, 2.75) is 20.3 Å². The lowest BCUT2D eigenvalue weighted by Gasteiger charge is -2.32. The highest BCUT2D eigenvalue weighted by Gasteiger charge is 2.20. The van der Waals surface area contributed by atoms with Gasteiger partial charge in [-0.1, -0.05) is 42.5 Å². The van der Waals surface area contributed by atoms with Crippen LogP contribution in [0.3, 0.4) is 0 Å². The molecule has 23 heavy (non-hydrogen) atoms. The Labute approximate surface area is 138 Å². The van der Waals surface area contributed by atoms with Crippen molar-refractivity contribution in [1.29, 1.82) is 5.41 Å². The maximum Gasteiger partial charge on any atom is 0.202 e. The number of hydrogen-bond acceptors (Lipinski definition) is 1. The van der Waals surface area contributed by atoms with Crippen LogP contribution in [0.4, 0.5) is 11.4 Å². The van der Waals surface area contributed by atoms with Crippen molar-refractivity contribution in [1.82, 2.24) is 0 Å². The van der Waals surface area contributed by atoms with Crippen LogP contribution in [0.2, 0.25) is 0 Å². The summed E-state index contributed by atoms with van der Waals surface area (Å²) in [6, 6.07) is 14.6. The fourth-order valence-corrected chi connectivity index (χ4v) is 3.18. The fraction of sp³-hybridized carbons (Fsp3) is 0.250. The van der Waals surface area contributed by atoms with Gasteiger partial charge >= 0.3 is 0 Å². The van der Waals surface area contributed by atoms with Gasteiger partial charge in [-0.05, 0) is 43.5 Å². The summed E-state index contributed by atoms with van der Waals surface area (Å²) in [5.41, 5.74) is 5.95. The third-order valence-corrected chi connectivity index (χ3v) is 4.45. The zero-order chi connectivity index (χ0) is 16.4. The molecule has 0 saturated carbocycles. The minimum absolute atomic E-state index is 0.496. The van der Waals surface area contributed by atoms with Crippen LogP contribution in [0, 0.1) is 12.3 Å². The Balaban J connectivity index is 1.96. The first kappa shape index (κ1) is 15.3. The number of rotatable bonds is 3. The van der Waals surface area contributed by atoms with E-state index in [4.69, 9.17) is 5.41 Å². The second-order valence-electron chi connectivity index (χ2n) is 5.87. The molecule has 1 aliphatic carbocycles. The highest BCUT2D eigenvalue weighted by Crippen LogP contribution is 2.31. The van der Waals surface area contributed by atoms with Crippen LogP contribution in [0.15, 0.2) is 48.5 Å². The number of para-hydroxylation sites is 1. The molecule has 2 aromatic rings. The van der Waals surface area contributed by atoms with Gasteiger partial charge in [0.1, 0.15) is 0 Å². The normalized spacial score (nSPS) is 12.1. The van der Waals surface area contributed by atoms with Gasteiger partial charge in [-0.2, -0.15) is 0 Å². The maximum atomic E-state index is 8.71. The molecule has 0 atom stereocenters. The number of benzene rings is 2. The van der Waals surface area contributed by atoms with E-state index in [9.17, 15) is 0 Å². The quantitative estimate of drug-likeness (QED) is 0.670. The molecular weight excluding hydrogens is 282 g/mol. The molecule has 0 heterocycles. The van der Waals surface area contributed by atoms with Gasteiger partial charge in [-0.3, -0.25) is 5.41 Å². The van der Waals surface area contributed by atoms with E-state index < -0.39 is 0 Å². The van der Waals surface area contributed by atoms with E-state index >= 15 is 0 Å². The molecule has 2 aromatic carbocycles. The summed E-state index contributed by atoms with van der Waals surface area (Å²) < 4.78 is 0. The summed E-state index contributed by atoms with van der Waals surface area (Å²) in [5.74, 6) is 0.496. The third-order valence-electron chi connectivity index (χ3n) is 4.45. The average molecular weight is 305 g/mol. The van der Waals surface area contributed by atoms with Gasteiger partial charge in [-0.15, -0.1) is 0 Å². The summed E-state index contributed by atoms with van der Waals surface area (Å²) in [6.07, 6.45) is 5.35. The van der Waals surface area contributed by atoms with Crippen LogP contribution in [0.25, 0.3) is 6.08 Å². The minimum atomic E-state index is 0.496. The largest absolute Gasteiger partial charge is 0.315 e. The summed E-state index contributed by atoms with van der Waals surface area (Å²) in [5, 5.41) is 8.71. The van der Waals surface area contributed by atoms with Crippen LogP contribution in [-0.2, 0) is 6.42 Å². The first-order valence-corrected chi connectivity index (χ1v) is 8.07. The Morgan fingerprint density at radius 2 is 1.83 bits per heavy atom. The Bertz CT molecular complexity index is 761. The molecule has 0 unspecified atom stereocenters. The van der Waals surface area contributed by atoms with Crippen molar-refractivity contribution in [3.63, 3.8) is 0 Å². The number of nitrogens with one attached hydrogen (secondary N) is 1. The minimum Gasteiger partial charge on any atom is -0.315 e. The SMILES string of the molecule is CCN(C(=N)N(C)c1ccccc1C)c1cccc2c1C=CC2. The molecule has 0 aliphatic heterocycles. The predicted molar refractivity (Wildman–Crippen MR) is 99.5 cm³/mol. The molecule has 0 amide bonds. The number of aryl methyl sites for hydroxylation is 1. The van der Waals surface area contributed by atoms with E-state index in [2.05, 4.69) is 61.2 Å². The van der Waals surface area contributed by atoms with Crippen molar-refractivity contribution >= 4 is 23.4 Å². The number of allylic oxidation sites excluding steroid dienone is 1.